The molecule has 1 atom stereocenters. The zero-order valence-corrected chi connectivity index (χ0v) is 15.7. The van der Waals surface area contributed by atoms with Crippen molar-refractivity contribution in [2.45, 2.75) is 0 Å². The zero-order chi connectivity index (χ0) is 22.1. The molecule has 0 saturated heterocycles. The molecule has 2 heterocycles. The number of carboxylic acids is 2. The summed E-state index contributed by atoms with van der Waals surface area (Å²) < 4.78 is 0. The number of para-hydroxylation sites is 2. The minimum atomic E-state index is -1.49. The summed E-state index contributed by atoms with van der Waals surface area (Å²) in [4.78, 5) is 49.3. The number of rotatable bonds is 5. The molecular weight excluding hydrogens is 404 g/mol. The van der Waals surface area contributed by atoms with E-state index < -0.39 is 46.7 Å². The third kappa shape index (κ3) is 3.46. The molecule has 10 nitrogen and oxygen atoms in total. The smallest absolute Gasteiger partial charge is 0.357 e. The van der Waals surface area contributed by atoms with Crippen LogP contribution >= 0.6 is 0 Å². The van der Waals surface area contributed by atoms with Gasteiger partial charge in [-0.25, -0.2) is 9.59 Å². The number of carboxylic acid groups (broad SMARTS) is 2. The maximum absolute atomic E-state index is 12.9. The number of benzene rings is 2. The molecule has 154 valence electrons. The van der Waals surface area contributed by atoms with Gasteiger partial charge >= 0.3 is 11.9 Å². The second kappa shape index (κ2) is 7.67. The van der Waals surface area contributed by atoms with Gasteiger partial charge in [0.1, 0.15) is 5.92 Å². The fourth-order valence-electron chi connectivity index (χ4n) is 3.18. The fraction of sp³-hybridized carbons (Fsp3) is 0.0476. The van der Waals surface area contributed by atoms with Crippen LogP contribution in [0.25, 0.3) is 0 Å². The van der Waals surface area contributed by atoms with Crippen molar-refractivity contribution < 1.29 is 29.4 Å². The Morgan fingerprint density at radius 2 is 1.35 bits per heavy atom. The molecule has 0 fully saturated rings. The van der Waals surface area contributed by atoms with E-state index in [0.29, 0.717) is 11.4 Å². The average Bonchev–Trinajstić information content (AvgIpc) is 3.27. The highest BCUT2D eigenvalue weighted by Gasteiger charge is 2.43. The normalized spacial score (nSPS) is 19.6. The Morgan fingerprint density at radius 3 is 1.87 bits per heavy atom. The number of aliphatic carboxylic acids is 2. The van der Waals surface area contributed by atoms with E-state index in [0.717, 1.165) is 16.1 Å². The molecule has 10 heteroatoms. The van der Waals surface area contributed by atoms with Crippen LogP contribution in [0.3, 0.4) is 0 Å². The van der Waals surface area contributed by atoms with Crippen molar-refractivity contribution in [3.05, 3.63) is 72.3 Å². The number of nitrogens with zero attached hydrogens (tertiary/aromatic N) is 4. The summed E-state index contributed by atoms with van der Waals surface area (Å²) >= 11 is 0. The molecule has 0 aliphatic carbocycles. The second-order valence-electron chi connectivity index (χ2n) is 6.54. The lowest BCUT2D eigenvalue weighted by atomic mass is 9.97. The molecule has 0 spiro atoms. The van der Waals surface area contributed by atoms with E-state index in [1.807, 2.05) is 0 Å². The van der Waals surface area contributed by atoms with Gasteiger partial charge in [0, 0.05) is 0 Å². The molecular formula is C21H14N4O6. The first-order valence-corrected chi connectivity index (χ1v) is 9.03. The standard InChI is InChI=1S/C21H14N4O6/c26-18-14(16(20(28)29)22-24(18)12-7-3-1-4-8-12)11-15-17(21(30)31)23-25(19(15)27)13-9-5-2-6-10-13/h1-11,14H,(H,28,29)(H,30,31)/b15-11+/t14-/m0/s1. The van der Waals surface area contributed by atoms with Crippen LogP contribution < -0.4 is 10.0 Å². The fourth-order valence-corrected chi connectivity index (χ4v) is 3.18. The van der Waals surface area contributed by atoms with E-state index in [-0.39, 0.29) is 0 Å². The molecule has 2 N–H and O–H groups in total. The summed E-state index contributed by atoms with van der Waals surface area (Å²) in [5.41, 5.74) is -0.853. The van der Waals surface area contributed by atoms with Gasteiger partial charge in [0.2, 0.25) is 0 Å². The molecule has 2 amide bonds. The van der Waals surface area contributed by atoms with Gasteiger partial charge in [-0.1, -0.05) is 42.5 Å². The quantitative estimate of drug-likeness (QED) is 0.706. The molecule has 2 aliphatic heterocycles. The zero-order valence-electron chi connectivity index (χ0n) is 15.7. The van der Waals surface area contributed by atoms with E-state index in [1.165, 1.54) is 0 Å². The van der Waals surface area contributed by atoms with E-state index >= 15 is 0 Å². The Morgan fingerprint density at radius 1 is 0.806 bits per heavy atom. The first kappa shape index (κ1) is 19.7. The molecule has 31 heavy (non-hydrogen) atoms. The van der Waals surface area contributed by atoms with Crippen LogP contribution in [0.5, 0.6) is 0 Å². The second-order valence-corrected chi connectivity index (χ2v) is 6.54. The van der Waals surface area contributed by atoms with E-state index in [9.17, 15) is 29.4 Å². The Bertz CT molecular complexity index is 1190. The van der Waals surface area contributed by atoms with Gasteiger partial charge in [-0.05, 0) is 24.3 Å². The summed E-state index contributed by atoms with van der Waals surface area (Å²) in [5.74, 6) is -5.94. The van der Waals surface area contributed by atoms with Crippen LogP contribution in [0.15, 0.2) is 82.5 Å². The summed E-state index contributed by atoms with van der Waals surface area (Å²) in [6.07, 6.45) is 0.996. The van der Waals surface area contributed by atoms with E-state index in [4.69, 9.17) is 0 Å². The Hall–Kier alpha value is -4.60. The highest BCUT2D eigenvalue weighted by molar-refractivity contribution is 6.53. The number of hydrogen-bond donors (Lipinski definition) is 2. The first-order chi connectivity index (χ1) is 14.9. The summed E-state index contributed by atoms with van der Waals surface area (Å²) in [7, 11) is 0. The van der Waals surface area contributed by atoms with Gasteiger partial charge in [0.05, 0.1) is 16.9 Å². The minimum absolute atomic E-state index is 0.324. The highest BCUT2D eigenvalue weighted by Crippen LogP contribution is 2.29. The monoisotopic (exact) mass is 418 g/mol. The predicted molar refractivity (Wildman–Crippen MR) is 110 cm³/mol. The molecule has 0 radical (unpaired) electrons. The highest BCUT2D eigenvalue weighted by atomic mass is 16.4. The van der Waals surface area contributed by atoms with Crippen molar-refractivity contribution in [3.63, 3.8) is 0 Å². The average molecular weight is 418 g/mol. The van der Waals surface area contributed by atoms with Gasteiger partial charge < -0.3 is 10.2 Å². The van der Waals surface area contributed by atoms with Crippen molar-refractivity contribution in [1.29, 1.82) is 0 Å². The molecule has 0 bridgehead atoms. The molecule has 2 aliphatic rings. The van der Waals surface area contributed by atoms with Crippen LogP contribution in [-0.2, 0) is 19.2 Å². The van der Waals surface area contributed by atoms with Crippen LogP contribution in [0.4, 0.5) is 11.4 Å². The van der Waals surface area contributed by atoms with Crippen molar-refractivity contribution in [2.75, 3.05) is 10.0 Å². The van der Waals surface area contributed by atoms with E-state index in [2.05, 4.69) is 10.2 Å². The lowest BCUT2D eigenvalue weighted by Gasteiger charge is -2.13. The maximum atomic E-state index is 12.9. The van der Waals surface area contributed by atoms with Crippen LogP contribution in [0.2, 0.25) is 0 Å². The number of hydrazone groups is 2. The van der Waals surface area contributed by atoms with Crippen molar-refractivity contribution >= 4 is 46.6 Å². The van der Waals surface area contributed by atoms with Crippen molar-refractivity contribution in [2.24, 2.45) is 16.1 Å². The van der Waals surface area contributed by atoms with Crippen LogP contribution in [0.1, 0.15) is 0 Å². The van der Waals surface area contributed by atoms with Gasteiger partial charge in [0.25, 0.3) is 11.8 Å². The Kier molecular flexibility index (Phi) is 4.88. The molecule has 2 aromatic rings. The summed E-state index contributed by atoms with van der Waals surface area (Å²) in [6, 6.07) is 16.3. The largest absolute Gasteiger partial charge is 0.477 e. The third-order valence-electron chi connectivity index (χ3n) is 4.61. The molecule has 0 unspecified atom stereocenters. The Balaban J connectivity index is 1.75. The lowest BCUT2D eigenvalue weighted by molar-refractivity contribution is -0.130. The maximum Gasteiger partial charge on any atom is 0.357 e. The minimum Gasteiger partial charge on any atom is -0.477 e. The van der Waals surface area contributed by atoms with Crippen LogP contribution in [-0.4, -0.2) is 45.4 Å². The Labute approximate surface area is 175 Å². The number of carbonyl (C=O) groups excluding carboxylic acids is 2. The molecule has 4 rings (SSSR count). The predicted octanol–water partition coefficient (Wildman–Crippen LogP) is 1.50. The van der Waals surface area contributed by atoms with Gasteiger partial charge in [-0.15, -0.1) is 0 Å². The summed E-state index contributed by atoms with van der Waals surface area (Å²) in [6.45, 7) is 0. The molecule has 0 aromatic heterocycles. The van der Waals surface area contributed by atoms with Gasteiger partial charge in [-0.2, -0.15) is 20.2 Å². The summed E-state index contributed by atoms with van der Waals surface area (Å²) in [5, 5.41) is 28.6. The van der Waals surface area contributed by atoms with Crippen LogP contribution in [0, 0.1) is 5.92 Å². The molecule has 0 saturated carbocycles. The van der Waals surface area contributed by atoms with E-state index in [1.54, 1.807) is 60.7 Å². The van der Waals surface area contributed by atoms with Crippen molar-refractivity contribution in [1.82, 2.24) is 0 Å². The number of hydrogen-bond acceptors (Lipinski definition) is 6. The first-order valence-electron chi connectivity index (χ1n) is 9.03. The number of amides is 2. The third-order valence-corrected chi connectivity index (χ3v) is 4.61. The lowest BCUT2D eigenvalue weighted by Crippen LogP contribution is -2.30. The SMILES string of the molecule is O=C(O)C1=NN(c2ccccc2)C(=O)/C1=C/[C@@H]1C(=O)N(c2ccccc2)N=C1C(=O)O. The van der Waals surface area contributed by atoms with Gasteiger partial charge in [0.15, 0.2) is 11.4 Å². The van der Waals surface area contributed by atoms with Gasteiger partial charge in [-0.3, -0.25) is 9.59 Å². The topological polar surface area (TPSA) is 140 Å². The van der Waals surface area contributed by atoms with Crippen molar-refractivity contribution in [3.8, 4) is 0 Å². The number of carbonyl (C=O) groups is 4. The molecule has 2 aromatic carbocycles. The number of anilines is 2.